The summed E-state index contributed by atoms with van der Waals surface area (Å²) in [5, 5.41) is 2.09. The van der Waals surface area contributed by atoms with Gasteiger partial charge in [0.1, 0.15) is 11.8 Å². The van der Waals surface area contributed by atoms with Crippen molar-refractivity contribution in [3.63, 3.8) is 0 Å². The number of carbonyl (C=O) groups excluding carboxylic acids is 1. The average molecular weight is 329 g/mol. The van der Waals surface area contributed by atoms with Crippen molar-refractivity contribution in [3.8, 4) is 0 Å². The van der Waals surface area contributed by atoms with Crippen LogP contribution >= 0.6 is 24.0 Å². The van der Waals surface area contributed by atoms with E-state index in [2.05, 4.69) is 4.98 Å². The lowest BCUT2D eigenvalue weighted by molar-refractivity contribution is 0.0474. The summed E-state index contributed by atoms with van der Waals surface area (Å²) in [6.45, 7) is 2.86. The highest BCUT2D eigenvalue weighted by molar-refractivity contribution is 6.34. The molecule has 2 aromatic rings. The van der Waals surface area contributed by atoms with E-state index in [0.29, 0.717) is 18.3 Å². The van der Waals surface area contributed by atoms with Gasteiger partial charge in [0, 0.05) is 11.9 Å². The summed E-state index contributed by atoms with van der Waals surface area (Å²) in [5.41, 5.74) is 1.08. The fourth-order valence-corrected chi connectivity index (χ4v) is 2.20. The molecular weight excluding hydrogens is 311 g/mol. The van der Waals surface area contributed by atoms with E-state index in [1.165, 1.54) is 0 Å². The lowest BCUT2D eigenvalue weighted by Crippen LogP contribution is -2.21. The van der Waals surface area contributed by atoms with Crippen molar-refractivity contribution in [3.05, 3.63) is 40.7 Å². The first-order chi connectivity index (χ1) is 9.50. The Morgan fingerprint density at radius 2 is 1.90 bits per heavy atom. The van der Waals surface area contributed by atoms with Gasteiger partial charge in [0.25, 0.3) is 0 Å². The molecule has 0 spiro atoms. The Hall–Kier alpha value is -1.36. The van der Waals surface area contributed by atoms with E-state index in [9.17, 15) is 4.79 Å². The second-order valence-electron chi connectivity index (χ2n) is 4.86. The molecule has 1 aromatic heterocycles. The van der Waals surface area contributed by atoms with Gasteiger partial charge in [0.15, 0.2) is 5.69 Å². The standard InChI is InChI=1S/C15H17ClN2O2.ClH/c1-10-11-6-4-5-7-12(11)14(16)17-13(10)15(19)20-9-8-18(2)3;/h4-7H,8-9H2,1-3H3;1H. The SMILES string of the molecule is Cc1c(C(=O)OCCN(C)C)nc(Cl)c2ccccc12.Cl. The number of hydrogen-bond donors (Lipinski definition) is 0. The van der Waals surface area contributed by atoms with Gasteiger partial charge in [0.05, 0.1) is 0 Å². The first-order valence-electron chi connectivity index (χ1n) is 6.37. The third-order valence-electron chi connectivity index (χ3n) is 3.08. The van der Waals surface area contributed by atoms with Crippen molar-refractivity contribution in [2.45, 2.75) is 6.92 Å². The maximum absolute atomic E-state index is 12.1. The molecule has 0 saturated carbocycles. The van der Waals surface area contributed by atoms with Crippen LogP contribution in [-0.4, -0.2) is 43.1 Å². The third-order valence-corrected chi connectivity index (χ3v) is 3.37. The maximum atomic E-state index is 12.1. The van der Waals surface area contributed by atoms with Crippen LogP contribution < -0.4 is 0 Å². The number of ether oxygens (including phenoxy) is 1. The third kappa shape index (κ3) is 4.06. The molecule has 0 aliphatic rings. The molecule has 0 N–H and O–H groups in total. The van der Waals surface area contributed by atoms with Crippen molar-refractivity contribution in [2.24, 2.45) is 0 Å². The Bertz CT molecular complexity index is 645. The number of aryl methyl sites for hydroxylation is 1. The molecule has 0 aliphatic carbocycles. The molecule has 0 atom stereocenters. The lowest BCUT2D eigenvalue weighted by atomic mass is 10.1. The molecule has 6 heteroatoms. The van der Waals surface area contributed by atoms with Crippen LogP contribution in [-0.2, 0) is 4.74 Å². The molecule has 21 heavy (non-hydrogen) atoms. The quantitative estimate of drug-likeness (QED) is 0.637. The monoisotopic (exact) mass is 328 g/mol. The summed E-state index contributed by atoms with van der Waals surface area (Å²) in [7, 11) is 3.84. The number of fused-ring (bicyclic) bond motifs is 1. The van der Waals surface area contributed by atoms with Crippen LogP contribution in [0.1, 0.15) is 16.1 Å². The van der Waals surface area contributed by atoms with E-state index in [1.807, 2.05) is 50.2 Å². The zero-order chi connectivity index (χ0) is 14.7. The van der Waals surface area contributed by atoms with Crippen LogP contribution in [0.15, 0.2) is 24.3 Å². The van der Waals surface area contributed by atoms with Crippen LogP contribution in [0.2, 0.25) is 5.15 Å². The van der Waals surface area contributed by atoms with Crippen LogP contribution in [0.4, 0.5) is 0 Å². The molecule has 0 bridgehead atoms. The molecule has 1 aromatic carbocycles. The van der Waals surface area contributed by atoms with Gasteiger partial charge in [0.2, 0.25) is 0 Å². The van der Waals surface area contributed by atoms with Gasteiger partial charge in [-0.15, -0.1) is 12.4 Å². The second kappa shape index (κ2) is 7.59. The zero-order valence-corrected chi connectivity index (χ0v) is 13.8. The first kappa shape index (κ1) is 17.7. The van der Waals surface area contributed by atoms with Crippen molar-refractivity contribution in [1.29, 1.82) is 0 Å². The van der Waals surface area contributed by atoms with E-state index < -0.39 is 5.97 Å². The Morgan fingerprint density at radius 1 is 1.29 bits per heavy atom. The largest absolute Gasteiger partial charge is 0.460 e. The molecule has 114 valence electrons. The number of carbonyl (C=O) groups is 1. The van der Waals surface area contributed by atoms with Crippen LogP contribution in [0.25, 0.3) is 10.8 Å². The van der Waals surface area contributed by atoms with Crippen LogP contribution in [0, 0.1) is 6.92 Å². The van der Waals surface area contributed by atoms with Gasteiger partial charge < -0.3 is 9.64 Å². The number of rotatable bonds is 4. The van der Waals surface area contributed by atoms with Gasteiger partial charge in [-0.3, -0.25) is 0 Å². The molecule has 0 aliphatic heterocycles. The van der Waals surface area contributed by atoms with Crippen LogP contribution in [0.5, 0.6) is 0 Å². The lowest BCUT2D eigenvalue weighted by Gasteiger charge is -2.12. The predicted octanol–water partition coefficient (Wildman–Crippen LogP) is 3.34. The van der Waals surface area contributed by atoms with E-state index in [4.69, 9.17) is 16.3 Å². The van der Waals surface area contributed by atoms with E-state index in [-0.39, 0.29) is 18.1 Å². The minimum atomic E-state index is -0.433. The van der Waals surface area contributed by atoms with Gasteiger partial charge in [-0.1, -0.05) is 35.9 Å². The zero-order valence-electron chi connectivity index (χ0n) is 12.2. The Morgan fingerprint density at radius 3 is 2.52 bits per heavy atom. The number of likely N-dealkylation sites (N-methyl/N-ethyl adjacent to an activating group) is 1. The molecule has 0 radical (unpaired) electrons. The molecule has 0 amide bonds. The van der Waals surface area contributed by atoms with Crippen LogP contribution in [0.3, 0.4) is 0 Å². The summed E-state index contributed by atoms with van der Waals surface area (Å²) >= 11 is 6.14. The summed E-state index contributed by atoms with van der Waals surface area (Å²) in [6.07, 6.45) is 0. The number of pyridine rings is 1. The highest BCUT2D eigenvalue weighted by atomic mass is 35.5. The highest BCUT2D eigenvalue weighted by Gasteiger charge is 2.17. The predicted molar refractivity (Wildman–Crippen MR) is 87.6 cm³/mol. The van der Waals surface area contributed by atoms with Crippen molar-refractivity contribution in [2.75, 3.05) is 27.2 Å². The molecule has 0 unspecified atom stereocenters. The number of nitrogens with zero attached hydrogens (tertiary/aromatic N) is 2. The highest BCUT2D eigenvalue weighted by Crippen LogP contribution is 2.26. The van der Waals surface area contributed by atoms with Crippen molar-refractivity contribution < 1.29 is 9.53 Å². The summed E-state index contributed by atoms with van der Waals surface area (Å²) < 4.78 is 5.22. The molecule has 0 fully saturated rings. The number of esters is 1. The number of benzene rings is 1. The van der Waals surface area contributed by atoms with Crippen molar-refractivity contribution in [1.82, 2.24) is 9.88 Å². The van der Waals surface area contributed by atoms with Gasteiger partial charge in [-0.2, -0.15) is 0 Å². The molecule has 0 saturated heterocycles. The summed E-state index contributed by atoms with van der Waals surface area (Å²) in [6, 6.07) is 7.62. The summed E-state index contributed by atoms with van der Waals surface area (Å²) in [4.78, 5) is 18.2. The normalized spacial score (nSPS) is 10.5. The topological polar surface area (TPSA) is 42.4 Å². The smallest absolute Gasteiger partial charge is 0.357 e. The van der Waals surface area contributed by atoms with E-state index in [0.717, 1.165) is 16.3 Å². The minimum Gasteiger partial charge on any atom is -0.460 e. The fourth-order valence-electron chi connectivity index (χ4n) is 1.95. The van der Waals surface area contributed by atoms with Crippen molar-refractivity contribution >= 4 is 40.7 Å². The van der Waals surface area contributed by atoms with Gasteiger partial charge in [-0.05, 0) is 32.0 Å². The Kier molecular flexibility index (Phi) is 6.40. The fraction of sp³-hybridized carbons (Fsp3) is 0.333. The molecular formula is C15H18Cl2N2O2. The number of hydrogen-bond acceptors (Lipinski definition) is 4. The molecule has 2 rings (SSSR count). The second-order valence-corrected chi connectivity index (χ2v) is 5.22. The van der Waals surface area contributed by atoms with E-state index >= 15 is 0 Å². The molecule has 4 nitrogen and oxygen atoms in total. The Balaban J connectivity index is 0.00000220. The maximum Gasteiger partial charge on any atom is 0.357 e. The first-order valence-corrected chi connectivity index (χ1v) is 6.75. The number of halogens is 2. The Labute approximate surface area is 135 Å². The molecule has 1 heterocycles. The average Bonchev–Trinajstić information content (AvgIpc) is 2.42. The van der Waals surface area contributed by atoms with Gasteiger partial charge >= 0.3 is 5.97 Å². The van der Waals surface area contributed by atoms with Gasteiger partial charge in [-0.25, -0.2) is 9.78 Å². The minimum absolute atomic E-state index is 0. The number of aromatic nitrogens is 1. The summed E-state index contributed by atoms with van der Waals surface area (Å²) in [5.74, 6) is -0.433. The van der Waals surface area contributed by atoms with E-state index in [1.54, 1.807) is 0 Å².